The quantitative estimate of drug-likeness (QED) is 0.689. The van der Waals surface area contributed by atoms with Crippen LogP contribution in [0.5, 0.6) is 5.75 Å². The fourth-order valence-corrected chi connectivity index (χ4v) is 3.34. The average Bonchev–Trinajstić information content (AvgIpc) is 2.52. The fourth-order valence-electron chi connectivity index (χ4n) is 2.58. The van der Waals surface area contributed by atoms with Crippen LogP contribution in [0.15, 0.2) is 35.5 Å². The average molecular weight is 329 g/mol. The third-order valence-electron chi connectivity index (χ3n) is 3.54. The molecule has 1 aromatic heterocycles. The van der Waals surface area contributed by atoms with Gasteiger partial charge in [-0.2, -0.15) is 0 Å². The van der Waals surface area contributed by atoms with Crippen molar-refractivity contribution >= 4 is 17.7 Å². The van der Waals surface area contributed by atoms with E-state index in [4.69, 9.17) is 4.74 Å². The molecule has 0 bridgehead atoms. The van der Waals surface area contributed by atoms with Gasteiger partial charge in [0, 0.05) is 11.4 Å². The lowest BCUT2D eigenvalue weighted by Crippen LogP contribution is -2.43. The summed E-state index contributed by atoms with van der Waals surface area (Å²) in [4.78, 5) is 20.8. The number of ether oxygens (including phenoxy) is 1. The maximum Gasteiger partial charge on any atom is 0.230 e. The Morgan fingerprint density at radius 1 is 1.30 bits per heavy atom. The number of nitrogens with zero attached hydrogens (tertiary/aromatic N) is 2. The minimum absolute atomic E-state index is 0.0122. The van der Waals surface area contributed by atoms with E-state index in [0.717, 1.165) is 29.1 Å². The molecule has 2 aromatic rings. The van der Waals surface area contributed by atoms with Gasteiger partial charge in [-0.3, -0.25) is 4.79 Å². The van der Waals surface area contributed by atoms with E-state index in [-0.39, 0.29) is 11.9 Å². The van der Waals surface area contributed by atoms with Gasteiger partial charge >= 0.3 is 0 Å². The van der Waals surface area contributed by atoms with Crippen LogP contribution in [-0.2, 0) is 11.2 Å². The highest BCUT2D eigenvalue weighted by Gasteiger charge is 2.21. The van der Waals surface area contributed by atoms with Crippen LogP contribution in [-0.4, -0.2) is 34.3 Å². The molecule has 2 heterocycles. The van der Waals surface area contributed by atoms with Crippen LogP contribution in [0.1, 0.15) is 17.0 Å². The predicted molar refractivity (Wildman–Crippen MR) is 89.8 cm³/mol. The molecule has 0 saturated heterocycles. The number of amides is 1. The van der Waals surface area contributed by atoms with Crippen LogP contribution in [0, 0.1) is 13.8 Å². The monoisotopic (exact) mass is 329 g/mol. The molecule has 6 heteroatoms. The Labute approximate surface area is 139 Å². The number of aryl methyl sites for hydroxylation is 2. The molecule has 0 unspecified atom stereocenters. The lowest BCUT2D eigenvalue weighted by atomic mass is 10.0. The third-order valence-corrected chi connectivity index (χ3v) is 4.39. The number of para-hydroxylation sites is 1. The summed E-state index contributed by atoms with van der Waals surface area (Å²) in [5, 5.41) is 3.66. The Hall–Kier alpha value is -2.08. The maximum absolute atomic E-state index is 12.1. The summed E-state index contributed by atoms with van der Waals surface area (Å²) in [5.74, 6) is 1.20. The minimum Gasteiger partial charge on any atom is -0.491 e. The van der Waals surface area contributed by atoms with Crippen LogP contribution < -0.4 is 10.1 Å². The number of nitrogens with one attached hydrogen (secondary N) is 1. The molecule has 5 nitrogen and oxygen atoms in total. The number of rotatable bonds is 4. The van der Waals surface area contributed by atoms with Crippen molar-refractivity contribution in [3.05, 3.63) is 47.3 Å². The van der Waals surface area contributed by atoms with Gasteiger partial charge in [-0.1, -0.05) is 30.0 Å². The highest BCUT2D eigenvalue weighted by Crippen LogP contribution is 2.24. The number of benzene rings is 1. The molecule has 23 heavy (non-hydrogen) atoms. The first-order chi connectivity index (χ1) is 11.1. The zero-order valence-corrected chi connectivity index (χ0v) is 14.0. The fraction of sp³-hybridized carbons (Fsp3) is 0.353. The van der Waals surface area contributed by atoms with Gasteiger partial charge in [0.05, 0.1) is 11.8 Å². The largest absolute Gasteiger partial charge is 0.491 e. The number of fused-ring (bicyclic) bond motifs is 1. The van der Waals surface area contributed by atoms with Crippen molar-refractivity contribution in [3.8, 4) is 5.75 Å². The minimum atomic E-state index is -0.0225. The lowest BCUT2D eigenvalue weighted by Gasteiger charge is -2.25. The molecule has 0 fully saturated rings. The summed E-state index contributed by atoms with van der Waals surface area (Å²) >= 11 is 1.36. The molecule has 1 amide bonds. The van der Waals surface area contributed by atoms with Crippen molar-refractivity contribution in [2.75, 3.05) is 12.4 Å². The Morgan fingerprint density at radius 3 is 2.83 bits per heavy atom. The maximum atomic E-state index is 12.1. The van der Waals surface area contributed by atoms with Gasteiger partial charge in [0.2, 0.25) is 5.91 Å². The Morgan fingerprint density at radius 2 is 2.04 bits per heavy atom. The normalized spacial score (nSPS) is 16.3. The molecule has 1 atom stereocenters. The lowest BCUT2D eigenvalue weighted by molar-refractivity contribution is -0.119. The van der Waals surface area contributed by atoms with Crippen molar-refractivity contribution < 1.29 is 9.53 Å². The molecule has 3 rings (SSSR count). The van der Waals surface area contributed by atoms with Gasteiger partial charge in [0.1, 0.15) is 12.4 Å². The zero-order valence-electron chi connectivity index (χ0n) is 13.2. The van der Waals surface area contributed by atoms with Crippen LogP contribution >= 0.6 is 11.8 Å². The van der Waals surface area contributed by atoms with E-state index in [1.54, 1.807) is 0 Å². The SMILES string of the molecule is Cc1cc(C)nc(SCC(=O)N[C@@H]2COc3ccccc3C2)n1. The van der Waals surface area contributed by atoms with E-state index < -0.39 is 0 Å². The molecule has 1 aromatic carbocycles. The van der Waals surface area contributed by atoms with Crippen LogP contribution in [0.4, 0.5) is 0 Å². The summed E-state index contributed by atoms with van der Waals surface area (Å²) in [7, 11) is 0. The van der Waals surface area contributed by atoms with E-state index >= 15 is 0 Å². The Bertz CT molecular complexity index is 700. The summed E-state index contributed by atoms with van der Waals surface area (Å²) in [6.45, 7) is 4.36. The number of carbonyl (C=O) groups is 1. The number of aromatic nitrogens is 2. The molecule has 0 radical (unpaired) electrons. The van der Waals surface area contributed by atoms with E-state index in [2.05, 4.69) is 15.3 Å². The molecular weight excluding hydrogens is 310 g/mol. The number of thioether (sulfide) groups is 1. The van der Waals surface area contributed by atoms with Crippen molar-refractivity contribution in [2.45, 2.75) is 31.5 Å². The van der Waals surface area contributed by atoms with E-state index in [1.807, 2.05) is 44.2 Å². The van der Waals surface area contributed by atoms with Crippen molar-refractivity contribution in [1.82, 2.24) is 15.3 Å². The van der Waals surface area contributed by atoms with Gasteiger partial charge in [0.25, 0.3) is 0 Å². The zero-order chi connectivity index (χ0) is 16.2. The Kier molecular flexibility index (Phi) is 4.81. The number of hydrogen-bond donors (Lipinski definition) is 1. The van der Waals surface area contributed by atoms with Crippen molar-refractivity contribution in [3.63, 3.8) is 0 Å². The second kappa shape index (κ2) is 7.00. The second-order valence-corrected chi connectivity index (χ2v) is 6.55. The van der Waals surface area contributed by atoms with Crippen LogP contribution in [0.3, 0.4) is 0 Å². The molecule has 0 spiro atoms. The molecular formula is C17H19N3O2S. The third kappa shape index (κ3) is 4.22. The smallest absolute Gasteiger partial charge is 0.230 e. The summed E-state index contributed by atoms with van der Waals surface area (Å²) < 4.78 is 5.68. The Balaban J connectivity index is 1.52. The van der Waals surface area contributed by atoms with E-state index in [1.165, 1.54) is 11.8 Å². The van der Waals surface area contributed by atoms with Gasteiger partial charge in [-0.05, 0) is 38.0 Å². The molecule has 1 aliphatic rings. The van der Waals surface area contributed by atoms with Crippen molar-refractivity contribution in [2.24, 2.45) is 0 Å². The second-order valence-electron chi connectivity index (χ2n) is 5.61. The molecule has 120 valence electrons. The standard InChI is InChI=1S/C17H19N3O2S/c1-11-7-12(2)19-17(18-11)23-10-16(21)20-14-8-13-5-3-4-6-15(13)22-9-14/h3-7,14H,8-10H2,1-2H3,(H,20,21)/t14-/m0/s1. The topological polar surface area (TPSA) is 64.1 Å². The van der Waals surface area contributed by atoms with Gasteiger partial charge in [-0.25, -0.2) is 9.97 Å². The number of hydrogen-bond acceptors (Lipinski definition) is 5. The summed E-state index contributed by atoms with van der Waals surface area (Å²) in [6, 6.07) is 9.86. The van der Waals surface area contributed by atoms with Crippen molar-refractivity contribution in [1.29, 1.82) is 0 Å². The van der Waals surface area contributed by atoms with Gasteiger partial charge in [-0.15, -0.1) is 0 Å². The molecule has 0 saturated carbocycles. The van der Waals surface area contributed by atoms with Gasteiger partial charge in [0.15, 0.2) is 5.16 Å². The first kappa shape index (κ1) is 15.8. The highest BCUT2D eigenvalue weighted by atomic mass is 32.2. The van der Waals surface area contributed by atoms with Gasteiger partial charge < -0.3 is 10.1 Å². The highest BCUT2D eigenvalue weighted by molar-refractivity contribution is 7.99. The first-order valence-corrected chi connectivity index (χ1v) is 8.54. The van der Waals surface area contributed by atoms with Crippen LogP contribution in [0.25, 0.3) is 0 Å². The molecule has 1 N–H and O–H groups in total. The van der Waals surface area contributed by atoms with E-state index in [9.17, 15) is 4.79 Å². The summed E-state index contributed by atoms with van der Waals surface area (Å²) in [5.41, 5.74) is 2.96. The predicted octanol–water partition coefficient (Wildman–Crippen LogP) is 2.31. The van der Waals surface area contributed by atoms with E-state index in [0.29, 0.717) is 17.5 Å². The number of carbonyl (C=O) groups excluding carboxylic acids is 1. The molecule has 1 aliphatic heterocycles. The summed E-state index contributed by atoms with van der Waals surface area (Å²) in [6.07, 6.45) is 0.798. The van der Waals surface area contributed by atoms with Crippen LogP contribution in [0.2, 0.25) is 0 Å². The first-order valence-electron chi connectivity index (χ1n) is 7.55. The molecule has 0 aliphatic carbocycles.